The fraction of sp³-hybridized carbons (Fsp3) is 0.0556. The van der Waals surface area contributed by atoms with E-state index in [4.69, 9.17) is 34.8 Å². The van der Waals surface area contributed by atoms with Gasteiger partial charge in [0.2, 0.25) is 0 Å². The van der Waals surface area contributed by atoms with Gasteiger partial charge in [-0.2, -0.15) is 10.2 Å². The monoisotopic (exact) mass is 406 g/mol. The molecule has 0 aliphatic rings. The standard InChI is InChI=1S/C18H13Cl3N4O/c1-10(12-4-2-3-5-14(12)20)22-25-18(26)17-9-16(23-24-17)13-7-6-11(19)8-15(13)21/h2-9H,1H3,(H,23,24)(H,25,26). The van der Waals surface area contributed by atoms with Crippen molar-refractivity contribution in [1.29, 1.82) is 0 Å². The summed E-state index contributed by atoms with van der Waals surface area (Å²) in [6.45, 7) is 1.76. The summed E-state index contributed by atoms with van der Waals surface area (Å²) in [4.78, 5) is 12.3. The second-order valence-electron chi connectivity index (χ2n) is 5.41. The molecule has 0 fully saturated rings. The number of nitrogens with one attached hydrogen (secondary N) is 2. The Bertz CT molecular complexity index is 998. The van der Waals surface area contributed by atoms with Crippen molar-refractivity contribution in [2.75, 3.05) is 0 Å². The summed E-state index contributed by atoms with van der Waals surface area (Å²) in [5.41, 5.74) is 5.26. The number of nitrogens with zero attached hydrogens (tertiary/aromatic N) is 2. The lowest BCUT2D eigenvalue weighted by Crippen LogP contribution is -2.19. The fourth-order valence-corrected chi connectivity index (χ4v) is 3.06. The molecule has 1 aromatic heterocycles. The number of halogens is 3. The summed E-state index contributed by atoms with van der Waals surface area (Å²) in [6, 6.07) is 13.9. The molecule has 0 spiro atoms. The average Bonchev–Trinajstić information content (AvgIpc) is 3.09. The van der Waals surface area contributed by atoms with Crippen LogP contribution in [-0.4, -0.2) is 21.8 Å². The third-order valence-corrected chi connectivity index (χ3v) is 4.50. The summed E-state index contributed by atoms with van der Waals surface area (Å²) < 4.78 is 0. The maximum absolute atomic E-state index is 12.3. The Hall–Kier alpha value is -2.34. The number of carbonyl (C=O) groups excluding carboxylic acids is 1. The van der Waals surface area contributed by atoms with Crippen LogP contribution < -0.4 is 5.43 Å². The molecule has 2 N–H and O–H groups in total. The predicted molar refractivity (Wildman–Crippen MR) is 105 cm³/mol. The van der Waals surface area contributed by atoms with E-state index in [9.17, 15) is 4.79 Å². The maximum Gasteiger partial charge on any atom is 0.289 e. The van der Waals surface area contributed by atoms with Gasteiger partial charge in [0, 0.05) is 21.2 Å². The lowest BCUT2D eigenvalue weighted by atomic mass is 10.1. The number of hydrogen-bond donors (Lipinski definition) is 2. The molecule has 2 aromatic carbocycles. The third-order valence-electron chi connectivity index (χ3n) is 3.62. The first-order chi connectivity index (χ1) is 12.5. The number of aromatic amines is 1. The Labute approximate surface area is 165 Å². The van der Waals surface area contributed by atoms with Gasteiger partial charge in [0.05, 0.1) is 16.4 Å². The molecule has 1 heterocycles. The minimum absolute atomic E-state index is 0.252. The van der Waals surface area contributed by atoms with Crippen LogP contribution >= 0.6 is 34.8 Å². The minimum atomic E-state index is -0.430. The van der Waals surface area contributed by atoms with Gasteiger partial charge in [-0.3, -0.25) is 9.89 Å². The molecule has 8 heteroatoms. The normalized spacial score (nSPS) is 11.5. The molecule has 26 heavy (non-hydrogen) atoms. The van der Waals surface area contributed by atoms with Crippen molar-refractivity contribution in [3.05, 3.63) is 74.9 Å². The second-order valence-corrected chi connectivity index (χ2v) is 6.66. The quantitative estimate of drug-likeness (QED) is 0.461. The SMILES string of the molecule is CC(=NNC(=O)c1cc(-c2ccc(Cl)cc2Cl)n[nH]1)c1ccccc1Cl. The number of H-pyrrole nitrogens is 1. The highest BCUT2D eigenvalue weighted by Gasteiger charge is 2.13. The van der Waals surface area contributed by atoms with Gasteiger partial charge in [0.15, 0.2) is 0 Å². The van der Waals surface area contributed by atoms with Crippen molar-refractivity contribution < 1.29 is 4.79 Å². The van der Waals surface area contributed by atoms with Crippen LogP contribution in [0.2, 0.25) is 15.1 Å². The number of aromatic nitrogens is 2. The zero-order chi connectivity index (χ0) is 18.7. The Morgan fingerprint density at radius 1 is 1.08 bits per heavy atom. The van der Waals surface area contributed by atoms with Gasteiger partial charge >= 0.3 is 0 Å². The molecular weight excluding hydrogens is 395 g/mol. The number of rotatable bonds is 4. The van der Waals surface area contributed by atoms with Gasteiger partial charge in [-0.1, -0.05) is 53.0 Å². The molecule has 5 nitrogen and oxygen atoms in total. The van der Waals surface area contributed by atoms with Crippen LogP contribution in [0, 0.1) is 0 Å². The van der Waals surface area contributed by atoms with Crippen molar-refractivity contribution in [2.45, 2.75) is 6.92 Å². The molecule has 3 aromatic rings. The van der Waals surface area contributed by atoms with Gasteiger partial charge in [0.25, 0.3) is 5.91 Å². The Kier molecular flexibility index (Phi) is 5.61. The van der Waals surface area contributed by atoms with Crippen LogP contribution in [-0.2, 0) is 0 Å². The summed E-state index contributed by atoms with van der Waals surface area (Å²) in [6.07, 6.45) is 0. The molecule has 0 atom stereocenters. The van der Waals surface area contributed by atoms with E-state index >= 15 is 0 Å². The van der Waals surface area contributed by atoms with Crippen LogP contribution in [0.25, 0.3) is 11.3 Å². The van der Waals surface area contributed by atoms with E-state index in [1.54, 1.807) is 37.3 Å². The van der Waals surface area contributed by atoms with E-state index in [1.165, 1.54) is 0 Å². The molecule has 132 valence electrons. The molecule has 0 aliphatic carbocycles. The first-order valence-corrected chi connectivity index (χ1v) is 8.69. The van der Waals surface area contributed by atoms with E-state index in [0.717, 1.165) is 5.56 Å². The Morgan fingerprint density at radius 3 is 2.58 bits per heavy atom. The average molecular weight is 408 g/mol. The predicted octanol–water partition coefficient (Wildman–Crippen LogP) is 5.19. The van der Waals surface area contributed by atoms with Crippen LogP contribution in [0.3, 0.4) is 0 Å². The number of benzene rings is 2. The van der Waals surface area contributed by atoms with Gasteiger partial charge in [-0.15, -0.1) is 0 Å². The first-order valence-electron chi connectivity index (χ1n) is 7.56. The van der Waals surface area contributed by atoms with Crippen molar-refractivity contribution in [1.82, 2.24) is 15.6 Å². The molecule has 0 bridgehead atoms. The highest BCUT2D eigenvalue weighted by atomic mass is 35.5. The minimum Gasteiger partial charge on any atom is -0.272 e. The number of carbonyl (C=O) groups is 1. The number of amides is 1. The van der Waals surface area contributed by atoms with Crippen LogP contribution in [0.5, 0.6) is 0 Å². The molecule has 0 saturated carbocycles. The Balaban J connectivity index is 1.76. The second kappa shape index (κ2) is 7.91. The largest absolute Gasteiger partial charge is 0.289 e. The molecule has 0 saturated heterocycles. The van der Waals surface area contributed by atoms with E-state index in [2.05, 4.69) is 20.7 Å². The summed E-state index contributed by atoms with van der Waals surface area (Å²) in [7, 11) is 0. The van der Waals surface area contributed by atoms with Crippen LogP contribution in [0.15, 0.2) is 53.6 Å². The molecular formula is C18H13Cl3N4O. The summed E-state index contributed by atoms with van der Waals surface area (Å²) in [5.74, 6) is -0.430. The van der Waals surface area contributed by atoms with Crippen molar-refractivity contribution >= 4 is 46.4 Å². The van der Waals surface area contributed by atoms with Crippen LogP contribution in [0.4, 0.5) is 0 Å². The zero-order valence-electron chi connectivity index (χ0n) is 13.6. The number of hydrogen-bond acceptors (Lipinski definition) is 3. The first kappa shape index (κ1) is 18.5. The molecule has 0 unspecified atom stereocenters. The van der Waals surface area contributed by atoms with E-state index < -0.39 is 5.91 Å². The highest BCUT2D eigenvalue weighted by Crippen LogP contribution is 2.29. The summed E-state index contributed by atoms with van der Waals surface area (Å²) >= 11 is 18.2. The topological polar surface area (TPSA) is 70.1 Å². The van der Waals surface area contributed by atoms with Crippen molar-refractivity contribution in [3.8, 4) is 11.3 Å². The lowest BCUT2D eigenvalue weighted by molar-refractivity contribution is 0.0950. The molecule has 1 amide bonds. The lowest BCUT2D eigenvalue weighted by Gasteiger charge is -2.03. The maximum atomic E-state index is 12.3. The molecule has 0 aliphatic heterocycles. The van der Waals surface area contributed by atoms with E-state index in [0.29, 0.717) is 32.0 Å². The number of hydrazone groups is 1. The van der Waals surface area contributed by atoms with Crippen molar-refractivity contribution in [2.24, 2.45) is 5.10 Å². The molecule has 0 radical (unpaired) electrons. The highest BCUT2D eigenvalue weighted by molar-refractivity contribution is 6.36. The third kappa shape index (κ3) is 4.07. The van der Waals surface area contributed by atoms with Gasteiger partial charge < -0.3 is 0 Å². The van der Waals surface area contributed by atoms with Gasteiger partial charge in [-0.05, 0) is 37.3 Å². The Morgan fingerprint density at radius 2 is 1.85 bits per heavy atom. The van der Waals surface area contributed by atoms with E-state index in [1.807, 2.05) is 18.2 Å². The molecule has 3 rings (SSSR count). The van der Waals surface area contributed by atoms with Gasteiger partial charge in [-0.25, -0.2) is 5.43 Å². The summed E-state index contributed by atoms with van der Waals surface area (Å²) in [5, 5.41) is 12.4. The zero-order valence-corrected chi connectivity index (χ0v) is 15.8. The van der Waals surface area contributed by atoms with Crippen molar-refractivity contribution in [3.63, 3.8) is 0 Å². The van der Waals surface area contributed by atoms with Crippen LogP contribution in [0.1, 0.15) is 23.0 Å². The smallest absolute Gasteiger partial charge is 0.272 e. The van der Waals surface area contributed by atoms with Gasteiger partial charge in [0.1, 0.15) is 5.69 Å². The van der Waals surface area contributed by atoms with E-state index in [-0.39, 0.29) is 5.69 Å². The fourth-order valence-electron chi connectivity index (χ4n) is 2.28.